The molecule has 0 amide bonds. The zero-order valence-electron chi connectivity index (χ0n) is 10.3. The molecule has 0 saturated carbocycles. The van der Waals surface area contributed by atoms with Crippen LogP contribution in [0.25, 0.3) is 0 Å². The second-order valence-corrected chi connectivity index (χ2v) is 4.01. The lowest BCUT2D eigenvalue weighted by molar-refractivity contribution is 0.315. The molecule has 0 unspecified atom stereocenters. The Hall–Kier alpha value is -1.88. The van der Waals surface area contributed by atoms with Gasteiger partial charge in [0.25, 0.3) is 0 Å². The van der Waals surface area contributed by atoms with E-state index >= 15 is 0 Å². The molecule has 0 radical (unpaired) electrons. The molecule has 2 N–H and O–H groups in total. The minimum Gasteiger partial charge on any atom is -0.493 e. The maximum atomic E-state index is 13.4. The second-order valence-electron chi connectivity index (χ2n) is 4.01. The summed E-state index contributed by atoms with van der Waals surface area (Å²) in [5.41, 5.74) is 5.88. The molecule has 1 aromatic carbocycles. The quantitative estimate of drug-likeness (QED) is 0.876. The van der Waals surface area contributed by atoms with E-state index in [1.807, 2.05) is 17.8 Å². The van der Waals surface area contributed by atoms with Gasteiger partial charge in [-0.25, -0.2) is 9.37 Å². The summed E-state index contributed by atoms with van der Waals surface area (Å²) in [6.45, 7) is 0.658. The van der Waals surface area contributed by atoms with Gasteiger partial charge in [0.2, 0.25) is 0 Å². The third-order valence-corrected chi connectivity index (χ3v) is 2.76. The Bertz CT molecular complexity index is 525. The number of nitrogens with zero attached hydrogens (tertiary/aromatic N) is 2. The maximum absolute atomic E-state index is 13.4. The fraction of sp³-hybridized carbons (Fsp3) is 0.308. The molecule has 18 heavy (non-hydrogen) atoms. The standard InChI is InChI=1S/C13H16FN3O/c1-17-6-5-16-13(17)4-7-18-11-3-2-10(9-15)12(14)8-11/h2-3,5-6,8H,4,7,9,15H2,1H3. The predicted molar refractivity (Wildman–Crippen MR) is 66.7 cm³/mol. The summed E-state index contributed by atoms with van der Waals surface area (Å²) in [6.07, 6.45) is 4.31. The molecule has 0 fully saturated rings. The van der Waals surface area contributed by atoms with Gasteiger partial charge in [-0.1, -0.05) is 6.07 Å². The molecular formula is C13H16FN3O. The molecule has 0 atom stereocenters. The van der Waals surface area contributed by atoms with Gasteiger partial charge < -0.3 is 15.0 Å². The van der Waals surface area contributed by atoms with Crippen molar-refractivity contribution in [2.24, 2.45) is 12.8 Å². The van der Waals surface area contributed by atoms with Crippen molar-refractivity contribution in [3.63, 3.8) is 0 Å². The van der Waals surface area contributed by atoms with Gasteiger partial charge in [-0.15, -0.1) is 0 Å². The summed E-state index contributed by atoms with van der Waals surface area (Å²) in [7, 11) is 1.93. The number of halogens is 1. The lowest BCUT2D eigenvalue weighted by atomic mass is 10.2. The summed E-state index contributed by atoms with van der Waals surface area (Å²) in [5.74, 6) is 1.12. The van der Waals surface area contributed by atoms with Crippen LogP contribution in [0.1, 0.15) is 11.4 Å². The molecule has 0 bridgehead atoms. The van der Waals surface area contributed by atoms with Crippen molar-refractivity contribution >= 4 is 0 Å². The Morgan fingerprint density at radius 3 is 2.89 bits per heavy atom. The lowest BCUT2D eigenvalue weighted by Gasteiger charge is -2.07. The number of hydrogen-bond donors (Lipinski definition) is 1. The molecule has 0 spiro atoms. The van der Waals surface area contributed by atoms with Gasteiger partial charge in [-0.05, 0) is 6.07 Å². The van der Waals surface area contributed by atoms with Crippen LogP contribution in [0.2, 0.25) is 0 Å². The van der Waals surface area contributed by atoms with Crippen LogP contribution in [0.4, 0.5) is 4.39 Å². The van der Waals surface area contributed by atoms with E-state index < -0.39 is 0 Å². The lowest BCUT2D eigenvalue weighted by Crippen LogP contribution is -2.07. The largest absolute Gasteiger partial charge is 0.493 e. The molecule has 2 rings (SSSR count). The van der Waals surface area contributed by atoms with Crippen LogP contribution in [0.3, 0.4) is 0 Å². The van der Waals surface area contributed by atoms with Crippen LogP contribution >= 0.6 is 0 Å². The van der Waals surface area contributed by atoms with Crippen LogP contribution in [0.15, 0.2) is 30.6 Å². The second kappa shape index (κ2) is 5.64. The topological polar surface area (TPSA) is 53.1 Å². The van der Waals surface area contributed by atoms with Crippen LogP contribution in [-0.4, -0.2) is 16.2 Å². The Morgan fingerprint density at radius 1 is 1.44 bits per heavy atom. The van der Waals surface area contributed by atoms with Crippen molar-refractivity contribution in [3.05, 3.63) is 47.8 Å². The third-order valence-electron chi connectivity index (χ3n) is 2.76. The first-order valence-electron chi connectivity index (χ1n) is 5.78. The van der Waals surface area contributed by atoms with E-state index in [1.165, 1.54) is 6.07 Å². The predicted octanol–water partition coefficient (Wildman–Crippen LogP) is 1.64. The van der Waals surface area contributed by atoms with E-state index in [4.69, 9.17) is 10.5 Å². The average molecular weight is 249 g/mol. The zero-order chi connectivity index (χ0) is 13.0. The zero-order valence-corrected chi connectivity index (χ0v) is 10.3. The number of aryl methyl sites for hydroxylation is 1. The number of ether oxygens (including phenoxy) is 1. The van der Waals surface area contributed by atoms with E-state index in [9.17, 15) is 4.39 Å². The molecule has 0 saturated heterocycles. The molecule has 0 aliphatic rings. The SMILES string of the molecule is Cn1ccnc1CCOc1ccc(CN)c(F)c1. The number of hydrogen-bond acceptors (Lipinski definition) is 3. The van der Waals surface area contributed by atoms with Crippen molar-refractivity contribution in [1.29, 1.82) is 0 Å². The average Bonchev–Trinajstić information content (AvgIpc) is 2.75. The molecule has 4 nitrogen and oxygen atoms in total. The summed E-state index contributed by atoms with van der Waals surface area (Å²) < 4.78 is 20.9. The van der Waals surface area contributed by atoms with Gasteiger partial charge in [0.05, 0.1) is 6.61 Å². The minimum atomic E-state index is -0.327. The van der Waals surface area contributed by atoms with E-state index in [0.717, 1.165) is 5.82 Å². The van der Waals surface area contributed by atoms with Gasteiger partial charge >= 0.3 is 0 Å². The smallest absolute Gasteiger partial charge is 0.131 e. The number of rotatable bonds is 5. The van der Waals surface area contributed by atoms with E-state index in [2.05, 4.69) is 4.98 Å². The molecular weight excluding hydrogens is 233 g/mol. The van der Waals surface area contributed by atoms with Crippen LogP contribution in [-0.2, 0) is 20.0 Å². The summed E-state index contributed by atoms with van der Waals surface area (Å²) >= 11 is 0. The summed E-state index contributed by atoms with van der Waals surface area (Å²) in [4.78, 5) is 4.18. The third kappa shape index (κ3) is 2.87. The van der Waals surface area contributed by atoms with E-state index in [1.54, 1.807) is 18.3 Å². The molecule has 0 aliphatic carbocycles. The molecule has 1 aromatic heterocycles. The van der Waals surface area contributed by atoms with Gasteiger partial charge in [0.1, 0.15) is 17.4 Å². The minimum absolute atomic E-state index is 0.194. The molecule has 1 heterocycles. The number of imidazole rings is 1. The fourth-order valence-corrected chi connectivity index (χ4v) is 1.68. The first-order chi connectivity index (χ1) is 8.70. The van der Waals surface area contributed by atoms with Gasteiger partial charge in [-0.2, -0.15) is 0 Å². The molecule has 5 heteroatoms. The first kappa shape index (κ1) is 12.6. The maximum Gasteiger partial charge on any atom is 0.131 e. The van der Waals surface area contributed by atoms with Gasteiger partial charge in [0, 0.05) is 44.0 Å². The van der Waals surface area contributed by atoms with Crippen molar-refractivity contribution in [1.82, 2.24) is 9.55 Å². The van der Waals surface area contributed by atoms with Gasteiger partial charge in [-0.3, -0.25) is 0 Å². The highest BCUT2D eigenvalue weighted by atomic mass is 19.1. The summed E-state index contributed by atoms with van der Waals surface area (Å²) in [6, 6.07) is 4.73. The monoisotopic (exact) mass is 249 g/mol. The Balaban J connectivity index is 1.91. The van der Waals surface area contributed by atoms with Crippen molar-refractivity contribution in [2.75, 3.05) is 6.61 Å². The highest BCUT2D eigenvalue weighted by Crippen LogP contribution is 2.16. The number of nitrogens with two attached hydrogens (primary N) is 1. The van der Waals surface area contributed by atoms with Crippen molar-refractivity contribution in [2.45, 2.75) is 13.0 Å². The molecule has 0 aliphatic heterocycles. The Morgan fingerprint density at radius 2 is 2.28 bits per heavy atom. The Labute approximate surface area is 105 Å². The Kier molecular flexibility index (Phi) is 3.94. The summed E-state index contributed by atoms with van der Waals surface area (Å²) in [5, 5.41) is 0. The van der Waals surface area contributed by atoms with Gasteiger partial charge in [0.15, 0.2) is 0 Å². The highest BCUT2D eigenvalue weighted by molar-refractivity contribution is 5.28. The van der Waals surface area contributed by atoms with Crippen LogP contribution < -0.4 is 10.5 Å². The van der Waals surface area contributed by atoms with Crippen LogP contribution in [0, 0.1) is 5.82 Å². The van der Waals surface area contributed by atoms with E-state index in [0.29, 0.717) is 24.3 Å². The fourth-order valence-electron chi connectivity index (χ4n) is 1.68. The van der Waals surface area contributed by atoms with Crippen molar-refractivity contribution < 1.29 is 9.13 Å². The molecule has 96 valence electrons. The number of benzene rings is 1. The van der Waals surface area contributed by atoms with E-state index in [-0.39, 0.29) is 12.4 Å². The first-order valence-corrected chi connectivity index (χ1v) is 5.78. The molecule has 2 aromatic rings. The van der Waals surface area contributed by atoms with Crippen LogP contribution in [0.5, 0.6) is 5.75 Å². The van der Waals surface area contributed by atoms with Crippen molar-refractivity contribution in [3.8, 4) is 5.75 Å². The number of aromatic nitrogens is 2. The normalized spacial score (nSPS) is 10.6. The highest BCUT2D eigenvalue weighted by Gasteiger charge is 2.04.